The normalized spacial score (nSPS) is 16.2. The third kappa shape index (κ3) is 2.47. The Labute approximate surface area is 142 Å². The first kappa shape index (κ1) is 15.2. The Balaban J connectivity index is 1.74. The maximum Gasteiger partial charge on any atom is 0.156 e. The van der Waals surface area contributed by atoms with Crippen molar-refractivity contribution < 1.29 is 0 Å². The third-order valence-corrected chi connectivity index (χ3v) is 5.09. The molecular formula is C18H24N6. The van der Waals surface area contributed by atoms with Crippen LogP contribution >= 0.6 is 0 Å². The van der Waals surface area contributed by atoms with Crippen molar-refractivity contribution in [2.75, 3.05) is 38.1 Å². The number of H-pyrrole nitrogens is 1. The smallest absolute Gasteiger partial charge is 0.156 e. The molecule has 0 saturated carbocycles. The molecule has 126 valence electrons. The summed E-state index contributed by atoms with van der Waals surface area (Å²) in [6, 6.07) is 4.49. The van der Waals surface area contributed by atoms with Crippen molar-refractivity contribution in [3.05, 3.63) is 29.7 Å². The first-order valence-corrected chi connectivity index (χ1v) is 8.45. The van der Waals surface area contributed by atoms with Crippen molar-refractivity contribution in [2.24, 2.45) is 7.05 Å². The van der Waals surface area contributed by atoms with Crippen LogP contribution in [-0.4, -0.2) is 57.6 Å². The second-order valence-corrected chi connectivity index (χ2v) is 6.78. The number of piperazine rings is 1. The van der Waals surface area contributed by atoms with Crippen molar-refractivity contribution in [3.8, 4) is 11.5 Å². The number of aromatic amines is 1. The minimum atomic E-state index is 0.881. The maximum absolute atomic E-state index is 4.81. The van der Waals surface area contributed by atoms with Gasteiger partial charge in [-0.3, -0.25) is 0 Å². The molecular weight excluding hydrogens is 300 g/mol. The predicted octanol–water partition coefficient (Wildman–Crippen LogP) is 2.33. The van der Waals surface area contributed by atoms with Gasteiger partial charge in [-0.2, -0.15) is 0 Å². The first-order chi connectivity index (χ1) is 11.5. The van der Waals surface area contributed by atoms with Gasteiger partial charge >= 0.3 is 0 Å². The molecule has 1 aromatic carbocycles. The minimum absolute atomic E-state index is 0.881. The number of imidazole rings is 2. The third-order valence-electron chi connectivity index (χ3n) is 5.09. The number of benzene rings is 1. The number of aryl methyl sites for hydroxylation is 2. The monoisotopic (exact) mass is 324 g/mol. The van der Waals surface area contributed by atoms with E-state index < -0.39 is 0 Å². The molecule has 1 aliphatic heterocycles. The lowest BCUT2D eigenvalue weighted by Gasteiger charge is -2.34. The second kappa shape index (κ2) is 5.63. The van der Waals surface area contributed by atoms with Gasteiger partial charge in [0.25, 0.3) is 0 Å². The summed E-state index contributed by atoms with van der Waals surface area (Å²) in [5, 5.41) is 0. The lowest BCUT2D eigenvalue weighted by Crippen LogP contribution is -2.44. The minimum Gasteiger partial charge on any atom is -0.369 e. The molecule has 1 saturated heterocycles. The molecule has 6 heteroatoms. The molecule has 4 rings (SSSR count). The number of anilines is 1. The molecule has 0 bridgehead atoms. The highest BCUT2D eigenvalue weighted by Crippen LogP contribution is 2.28. The van der Waals surface area contributed by atoms with Crippen molar-refractivity contribution in [1.82, 2.24) is 24.4 Å². The van der Waals surface area contributed by atoms with Gasteiger partial charge in [0.2, 0.25) is 0 Å². The number of hydrogen-bond acceptors (Lipinski definition) is 4. The average Bonchev–Trinajstić information content (AvgIpc) is 3.12. The van der Waals surface area contributed by atoms with Gasteiger partial charge in [-0.1, -0.05) is 0 Å². The Morgan fingerprint density at radius 3 is 2.46 bits per heavy atom. The fraction of sp³-hybridized carbons (Fsp3) is 0.444. The molecule has 1 fully saturated rings. The zero-order valence-corrected chi connectivity index (χ0v) is 14.8. The summed E-state index contributed by atoms with van der Waals surface area (Å²) in [5.41, 5.74) is 5.65. The Hall–Kier alpha value is -2.34. The van der Waals surface area contributed by atoms with E-state index in [-0.39, 0.29) is 0 Å². The van der Waals surface area contributed by atoms with Crippen LogP contribution < -0.4 is 4.90 Å². The van der Waals surface area contributed by atoms with E-state index in [2.05, 4.69) is 50.4 Å². The second-order valence-electron chi connectivity index (χ2n) is 6.78. The number of hydrogen-bond donors (Lipinski definition) is 1. The molecule has 6 nitrogen and oxygen atoms in total. The van der Waals surface area contributed by atoms with Crippen LogP contribution in [0.5, 0.6) is 0 Å². The fourth-order valence-corrected chi connectivity index (χ4v) is 3.36. The van der Waals surface area contributed by atoms with Crippen molar-refractivity contribution in [3.63, 3.8) is 0 Å². The van der Waals surface area contributed by atoms with Gasteiger partial charge in [0.1, 0.15) is 11.5 Å². The number of fused-ring (bicyclic) bond motifs is 1. The molecule has 0 radical (unpaired) electrons. The van der Waals surface area contributed by atoms with E-state index in [0.29, 0.717) is 0 Å². The van der Waals surface area contributed by atoms with Crippen molar-refractivity contribution in [2.45, 2.75) is 13.8 Å². The Kier molecular flexibility index (Phi) is 3.57. The van der Waals surface area contributed by atoms with Gasteiger partial charge in [-0.05, 0) is 38.6 Å². The highest BCUT2D eigenvalue weighted by atomic mass is 15.2. The molecule has 0 atom stereocenters. The van der Waals surface area contributed by atoms with Gasteiger partial charge < -0.3 is 19.4 Å². The molecule has 24 heavy (non-hydrogen) atoms. The highest BCUT2D eigenvalue weighted by Gasteiger charge is 2.17. The summed E-state index contributed by atoms with van der Waals surface area (Å²) < 4.78 is 2.06. The van der Waals surface area contributed by atoms with Gasteiger partial charge in [0.15, 0.2) is 5.82 Å². The zero-order valence-electron chi connectivity index (χ0n) is 14.8. The number of nitrogens with one attached hydrogen (secondary N) is 1. The molecule has 0 spiro atoms. The molecule has 0 aliphatic carbocycles. The summed E-state index contributed by atoms with van der Waals surface area (Å²) in [4.78, 5) is 17.5. The maximum atomic E-state index is 4.81. The van der Waals surface area contributed by atoms with E-state index in [1.54, 1.807) is 0 Å². The Morgan fingerprint density at radius 1 is 1.04 bits per heavy atom. The van der Waals surface area contributed by atoms with Crippen LogP contribution in [0.1, 0.15) is 11.4 Å². The van der Waals surface area contributed by atoms with E-state index in [1.807, 2.05) is 20.2 Å². The number of likely N-dealkylation sites (N-methyl/N-ethyl adjacent to an activating group) is 1. The Morgan fingerprint density at radius 2 is 1.79 bits per heavy atom. The molecule has 0 amide bonds. The van der Waals surface area contributed by atoms with Gasteiger partial charge in [0.05, 0.1) is 17.2 Å². The molecule has 1 N–H and O–H groups in total. The first-order valence-electron chi connectivity index (χ1n) is 8.45. The molecule has 3 aromatic rings. The van der Waals surface area contributed by atoms with Gasteiger partial charge in [-0.25, -0.2) is 9.97 Å². The van der Waals surface area contributed by atoms with Crippen LogP contribution in [0, 0.1) is 13.8 Å². The summed E-state index contributed by atoms with van der Waals surface area (Å²) in [6.07, 6.45) is 1.88. The lowest BCUT2D eigenvalue weighted by atomic mass is 10.1. The van der Waals surface area contributed by atoms with Crippen LogP contribution in [0.15, 0.2) is 18.3 Å². The van der Waals surface area contributed by atoms with Crippen LogP contribution in [0.2, 0.25) is 0 Å². The highest BCUT2D eigenvalue weighted by molar-refractivity contribution is 5.85. The van der Waals surface area contributed by atoms with Crippen LogP contribution in [0.3, 0.4) is 0 Å². The van der Waals surface area contributed by atoms with Gasteiger partial charge in [-0.15, -0.1) is 0 Å². The van der Waals surface area contributed by atoms with E-state index in [1.165, 1.54) is 11.3 Å². The number of rotatable bonds is 2. The number of nitrogens with zero attached hydrogens (tertiary/aromatic N) is 5. The molecule has 2 aromatic heterocycles. The SMILES string of the molecule is Cc1cc(N2CCN(C)CC2)cc2[nH]c(-c3cnc(C)n3C)nc12. The Bertz CT molecular complexity index is 882. The number of aromatic nitrogens is 4. The summed E-state index contributed by atoms with van der Waals surface area (Å²) in [5.74, 6) is 1.87. The predicted molar refractivity (Wildman–Crippen MR) is 97.5 cm³/mol. The van der Waals surface area contributed by atoms with E-state index in [4.69, 9.17) is 4.98 Å². The largest absolute Gasteiger partial charge is 0.369 e. The van der Waals surface area contributed by atoms with Gasteiger partial charge in [0, 0.05) is 38.9 Å². The standard InChI is InChI=1S/C18H24N6/c1-12-9-14(24-7-5-22(3)6-8-24)10-15-17(12)21-18(20-15)16-11-19-13(2)23(16)4/h9-11H,5-8H2,1-4H3,(H,20,21). The molecule has 0 unspecified atom stereocenters. The van der Waals surface area contributed by atoms with Crippen molar-refractivity contribution >= 4 is 16.7 Å². The molecule has 1 aliphatic rings. The van der Waals surface area contributed by atoms with Crippen LogP contribution in [0.4, 0.5) is 5.69 Å². The van der Waals surface area contributed by atoms with Crippen LogP contribution in [0.25, 0.3) is 22.6 Å². The summed E-state index contributed by atoms with van der Waals surface area (Å²) >= 11 is 0. The van der Waals surface area contributed by atoms with Crippen LogP contribution in [-0.2, 0) is 7.05 Å². The fourth-order valence-electron chi connectivity index (χ4n) is 3.36. The summed E-state index contributed by atoms with van der Waals surface area (Å²) in [7, 11) is 4.20. The average molecular weight is 324 g/mol. The van der Waals surface area contributed by atoms with E-state index in [0.717, 1.165) is 54.6 Å². The zero-order chi connectivity index (χ0) is 16.8. The topological polar surface area (TPSA) is 53.0 Å². The summed E-state index contributed by atoms with van der Waals surface area (Å²) in [6.45, 7) is 8.51. The van der Waals surface area contributed by atoms with E-state index in [9.17, 15) is 0 Å². The molecule has 3 heterocycles. The lowest BCUT2D eigenvalue weighted by molar-refractivity contribution is 0.313. The van der Waals surface area contributed by atoms with E-state index >= 15 is 0 Å². The quantitative estimate of drug-likeness (QED) is 0.786. The van der Waals surface area contributed by atoms with Crippen molar-refractivity contribution in [1.29, 1.82) is 0 Å².